The van der Waals surface area contributed by atoms with Gasteiger partial charge in [0.25, 0.3) is 5.91 Å². The van der Waals surface area contributed by atoms with Gasteiger partial charge in [-0.05, 0) is 94.2 Å². The second kappa shape index (κ2) is 10.0. The highest BCUT2D eigenvalue weighted by Gasteiger charge is 2.27. The molecule has 0 atom stereocenters. The van der Waals surface area contributed by atoms with Crippen molar-refractivity contribution in [3.63, 3.8) is 0 Å². The quantitative estimate of drug-likeness (QED) is 0.549. The summed E-state index contributed by atoms with van der Waals surface area (Å²) in [5.41, 5.74) is 5.96. The van der Waals surface area contributed by atoms with Crippen LogP contribution in [0.2, 0.25) is 0 Å². The number of amides is 1. The summed E-state index contributed by atoms with van der Waals surface area (Å²) in [6, 6.07) is 13.0. The Balaban J connectivity index is 1.63. The van der Waals surface area contributed by atoms with Crippen molar-refractivity contribution in [3.05, 3.63) is 76.6 Å². The summed E-state index contributed by atoms with van der Waals surface area (Å²) in [5.74, 6) is -0.344. The highest BCUT2D eigenvalue weighted by Crippen LogP contribution is 2.31. The Kier molecular flexibility index (Phi) is 6.89. The van der Waals surface area contributed by atoms with Crippen LogP contribution in [-0.4, -0.2) is 41.4 Å². The van der Waals surface area contributed by atoms with E-state index in [0.29, 0.717) is 23.4 Å². The van der Waals surface area contributed by atoms with Crippen LogP contribution in [0.25, 0.3) is 5.69 Å². The van der Waals surface area contributed by atoms with Crippen molar-refractivity contribution in [3.8, 4) is 5.69 Å². The van der Waals surface area contributed by atoms with E-state index in [4.69, 9.17) is 4.74 Å². The first-order valence-electron chi connectivity index (χ1n) is 11.4. The number of anilines is 1. The molecule has 1 aliphatic rings. The van der Waals surface area contributed by atoms with Crippen molar-refractivity contribution in [1.29, 1.82) is 0 Å². The number of carbonyl (C=O) groups excluding carboxylic acids is 2. The molecule has 172 valence electrons. The predicted molar refractivity (Wildman–Crippen MR) is 128 cm³/mol. The van der Waals surface area contributed by atoms with Gasteiger partial charge in [-0.3, -0.25) is 4.79 Å². The van der Waals surface area contributed by atoms with E-state index in [2.05, 4.69) is 47.8 Å². The molecule has 2 heterocycles. The summed E-state index contributed by atoms with van der Waals surface area (Å²) in [6.45, 7) is 8.09. The summed E-state index contributed by atoms with van der Waals surface area (Å²) < 4.78 is 6.94. The lowest BCUT2D eigenvalue weighted by atomic mass is 9.91. The molecular formula is C26H30N4O3. The number of aromatic nitrogens is 2. The Morgan fingerprint density at radius 3 is 2.48 bits per heavy atom. The lowest BCUT2D eigenvalue weighted by molar-refractivity contribution is 0.0526. The van der Waals surface area contributed by atoms with Gasteiger partial charge in [0.05, 0.1) is 35.3 Å². The third-order valence-electron chi connectivity index (χ3n) is 6.17. The fourth-order valence-corrected chi connectivity index (χ4v) is 4.19. The fraction of sp³-hybridized carbons (Fsp3) is 0.346. The molecule has 0 saturated carbocycles. The van der Waals surface area contributed by atoms with Crippen LogP contribution < -0.4 is 10.6 Å². The van der Waals surface area contributed by atoms with E-state index in [1.54, 1.807) is 37.4 Å². The maximum atomic E-state index is 13.3. The Morgan fingerprint density at radius 1 is 1.09 bits per heavy atom. The number of rotatable bonds is 6. The second-order valence-electron chi connectivity index (χ2n) is 8.40. The third-order valence-corrected chi connectivity index (χ3v) is 6.17. The number of esters is 1. The monoisotopic (exact) mass is 446 g/mol. The molecule has 0 unspecified atom stereocenters. The molecule has 0 aliphatic carbocycles. The molecule has 0 radical (unpaired) electrons. The van der Waals surface area contributed by atoms with Gasteiger partial charge in [-0.1, -0.05) is 6.07 Å². The van der Waals surface area contributed by atoms with Gasteiger partial charge in [-0.2, -0.15) is 5.10 Å². The smallest absolute Gasteiger partial charge is 0.338 e. The van der Waals surface area contributed by atoms with Crippen molar-refractivity contribution in [2.24, 2.45) is 0 Å². The van der Waals surface area contributed by atoms with E-state index in [0.717, 1.165) is 37.3 Å². The maximum absolute atomic E-state index is 13.3. The van der Waals surface area contributed by atoms with Gasteiger partial charge in [-0.25, -0.2) is 9.48 Å². The Bertz CT molecular complexity index is 1140. The lowest BCUT2D eigenvalue weighted by Gasteiger charge is -2.25. The van der Waals surface area contributed by atoms with Gasteiger partial charge in [0.15, 0.2) is 0 Å². The fourth-order valence-electron chi connectivity index (χ4n) is 4.19. The molecular weight excluding hydrogens is 416 g/mol. The van der Waals surface area contributed by atoms with Crippen LogP contribution in [0.4, 0.5) is 5.69 Å². The van der Waals surface area contributed by atoms with Crippen LogP contribution in [0.5, 0.6) is 0 Å². The molecule has 1 fully saturated rings. The molecule has 33 heavy (non-hydrogen) atoms. The number of piperidine rings is 1. The molecule has 1 saturated heterocycles. The molecule has 1 amide bonds. The summed E-state index contributed by atoms with van der Waals surface area (Å²) in [7, 11) is 0. The van der Waals surface area contributed by atoms with E-state index in [1.165, 1.54) is 11.1 Å². The number of nitrogens with one attached hydrogen (secondary N) is 2. The van der Waals surface area contributed by atoms with Crippen molar-refractivity contribution >= 4 is 17.6 Å². The standard InChI is InChI=1S/C26H30N4O3/c1-4-33-26(32)20-6-8-21(9-7-20)29-25(31)23-16-28-30(22-10-5-17(2)18(3)15-22)24(23)19-11-13-27-14-12-19/h5-10,15-16,19,27H,4,11-14H2,1-3H3,(H,29,31). The average molecular weight is 447 g/mol. The van der Waals surface area contributed by atoms with Crippen LogP contribution in [-0.2, 0) is 4.74 Å². The minimum absolute atomic E-state index is 0.206. The Hall–Kier alpha value is -3.45. The van der Waals surface area contributed by atoms with E-state index in [-0.39, 0.29) is 17.8 Å². The number of ether oxygens (including phenoxy) is 1. The van der Waals surface area contributed by atoms with E-state index < -0.39 is 0 Å². The first-order valence-corrected chi connectivity index (χ1v) is 11.4. The van der Waals surface area contributed by atoms with E-state index in [1.807, 2.05) is 4.68 Å². The van der Waals surface area contributed by atoms with Crippen LogP contribution in [0.15, 0.2) is 48.7 Å². The molecule has 2 N–H and O–H groups in total. The number of hydrogen-bond acceptors (Lipinski definition) is 5. The first kappa shape index (κ1) is 22.7. The zero-order valence-corrected chi connectivity index (χ0v) is 19.4. The molecule has 3 aromatic rings. The van der Waals surface area contributed by atoms with Crippen molar-refractivity contribution in [1.82, 2.24) is 15.1 Å². The number of nitrogens with zero attached hydrogens (tertiary/aromatic N) is 2. The Labute approximate surface area is 194 Å². The van der Waals surface area contributed by atoms with Crippen molar-refractivity contribution < 1.29 is 14.3 Å². The number of carbonyl (C=O) groups is 2. The molecule has 7 heteroatoms. The number of aryl methyl sites for hydroxylation is 2. The van der Waals surface area contributed by atoms with Gasteiger partial charge in [-0.15, -0.1) is 0 Å². The molecule has 1 aromatic heterocycles. The minimum Gasteiger partial charge on any atom is -0.462 e. The van der Waals surface area contributed by atoms with Gasteiger partial charge in [0.1, 0.15) is 0 Å². The lowest BCUT2D eigenvalue weighted by Crippen LogP contribution is -2.29. The van der Waals surface area contributed by atoms with Gasteiger partial charge in [0.2, 0.25) is 0 Å². The predicted octanol–water partition coefficient (Wildman–Crippen LogP) is 4.39. The zero-order valence-electron chi connectivity index (χ0n) is 19.4. The average Bonchev–Trinajstić information content (AvgIpc) is 3.27. The van der Waals surface area contributed by atoms with E-state index in [9.17, 15) is 9.59 Å². The second-order valence-corrected chi connectivity index (χ2v) is 8.40. The summed E-state index contributed by atoms with van der Waals surface area (Å²) in [4.78, 5) is 25.2. The van der Waals surface area contributed by atoms with Crippen LogP contribution in [0, 0.1) is 13.8 Å². The topological polar surface area (TPSA) is 85.2 Å². The number of hydrogen-bond donors (Lipinski definition) is 2. The normalized spacial score (nSPS) is 14.2. The zero-order chi connectivity index (χ0) is 23.4. The van der Waals surface area contributed by atoms with Gasteiger partial charge < -0.3 is 15.4 Å². The molecule has 0 bridgehead atoms. The van der Waals surface area contributed by atoms with Crippen LogP contribution in [0.3, 0.4) is 0 Å². The van der Waals surface area contributed by atoms with Gasteiger partial charge in [0, 0.05) is 11.6 Å². The summed E-state index contributed by atoms with van der Waals surface area (Å²) in [5, 5.41) is 11.0. The Morgan fingerprint density at radius 2 is 1.82 bits per heavy atom. The third kappa shape index (κ3) is 4.98. The van der Waals surface area contributed by atoms with Crippen molar-refractivity contribution in [2.75, 3.05) is 25.0 Å². The highest BCUT2D eigenvalue weighted by molar-refractivity contribution is 6.05. The van der Waals surface area contributed by atoms with E-state index >= 15 is 0 Å². The highest BCUT2D eigenvalue weighted by atomic mass is 16.5. The summed E-state index contributed by atoms with van der Waals surface area (Å²) in [6.07, 6.45) is 3.56. The van der Waals surface area contributed by atoms with Crippen LogP contribution >= 0.6 is 0 Å². The summed E-state index contributed by atoms with van der Waals surface area (Å²) >= 11 is 0. The molecule has 1 aliphatic heterocycles. The molecule has 0 spiro atoms. The van der Waals surface area contributed by atoms with Crippen LogP contribution in [0.1, 0.15) is 63.2 Å². The molecule has 2 aromatic carbocycles. The minimum atomic E-state index is -0.377. The largest absolute Gasteiger partial charge is 0.462 e. The SMILES string of the molecule is CCOC(=O)c1ccc(NC(=O)c2cnn(-c3ccc(C)c(C)c3)c2C2CCNCC2)cc1. The van der Waals surface area contributed by atoms with Crippen molar-refractivity contribution in [2.45, 2.75) is 39.5 Å². The maximum Gasteiger partial charge on any atom is 0.338 e. The molecule has 4 rings (SSSR count). The first-order chi connectivity index (χ1) is 16.0. The molecule has 7 nitrogen and oxygen atoms in total. The number of benzene rings is 2. The van der Waals surface area contributed by atoms with Gasteiger partial charge >= 0.3 is 5.97 Å².